The number of pyridine rings is 1. The molecule has 1 saturated carbocycles. The molecular weight excluding hydrogens is 503 g/mol. The number of anilines is 1. The van der Waals surface area contributed by atoms with Crippen LogP contribution < -0.4 is 5.32 Å². The van der Waals surface area contributed by atoms with E-state index in [-0.39, 0.29) is 18.3 Å². The lowest BCUT2D eigenvalue weighted by Crippen LogP contribution is -2.48. The topological polar surface area (TPSA) is 79.4 Å². The molecule has 1 saturated heterocycles. The largest absolute Gasteiger partial charge is 0.417 e. The van der Waals surface area contributed by atoms with Gasteiger partial charge in [-0.05, 0) is 48.6 Å². The summed E-state index contributed by atoms with van der Waals surface area (Å²) in [6, 6.07) is 18.2. The summed E-state index contributed by atoms with van der Waals surface area (Å²) in [5.74, 6) is -0.163. The zero-order valence-electron chi connectivity index (χ0n) is 20.1. The molecule has 1 aliphatic carbocycles. The molecule has 5 rings (SSSR count). The molecule has 6 nitrogen and oxygen atoms in total. The first-order valence-electron chi connectivity index (χ1n) is 11.9. The molecule has 2 aromatic carbocycles. The summed E-state index contributed by atoms with van der Waals surface area (Å²) in [4.78, 5) is 19.4. The van der Waals surface area contributed by atoms with Gasteiger partial charge in [0.1, 0.15) is 11.2 Å². The monoisotopic (exact) mass is 529 g/mol. The first kappa shape index (κ1) is 25.3. The van der Waals surface area contributed by atoms with E-state index in [0.29, 0.717) is 30.4 Å². The molecule has 2 fully saturated rings. The Kier molecular flexibility index (Phi) is 6.26. The third kappa shape index (κ3) is 4.94. The van der Waals surface area contributed by atoms with Crippen molar-refractivity contribution in [2.45, 2.75) is 36.9 Å². The fourth-order valence-electron chi connectivity index (χ4n) is 5.44. The van der Waals surface area contributed by atoms with Gasteiger partial charge >= 0.3 is 6.18 Å². The van der Waals surface area contributed by atoms with E-state index in [1.165, 1.54) is 11.0 Å². The van der Waals surface area contributed by atoms with Crippen LogP contribution in [0.15, 0.2) is 72.9 Å². The van der Waals surface area contributed by atoms with Crippen molar-refractivity contribution >= 4 is 21.6 Å². The quantitative estimate of drug-likeness (QED) is 0.472. The second-order valence-electron chi connectivity index (χ2n) is 9.84. The smallest absolute Gasteiger partial charge is 0.368 e. The number of hydrogen-bond donors (Lipinski definition) is 1. The molecular formula is C27H26F3N3O3S. The van der Waals surface area contributed by atoms with Gasteiger partial charge in [0.05, 0.1) is 11.6 Å². The molecule has 37 heavy (non-hydrogen) atoms. The van der Waals surface area contributed by atoms with E-state index in [2.05, 4.69) is 10.3 Å². The van der Waals surface area contributed by atoms with Crippen LogP contribution in [0.3, 0.4) is 0 Å². The molecule has 10 heteroatoms. The van der Waals surface area contributed by atoms with Crippen molar-refractivity contribution < 1.29 is 26.4 Å². The van der Waals surface area contributed by atoms with Gasteiger partial charge in [-0.2, -0.15) is 13.2 Å². The second kappa shape index (κ2) is 9.16. The molecule has 0 radical (unpaired) electrons. The number of hydrogen-bond acceptors (Lipinski definition) is 5. The Morgan fingerprint density at radius 1 is 1.05 bits per heavy atom. The Labute approximate surface area is 213 Å². The normalized spacial score (nSPS) is 20.7. The molecule has 2 atom stereocenters. The van der Waals surface area contributed by atoms with Crippen molar-refractivity contribution in [1.29, 1.82) is 0 Å². The summed E-state index contributed by atoms with van der Waals surface area (Å²) in [6.07, 6.45) is -0.704. The Morgan fingerprint density at radius 3 is 2.32 bits per heavy atom. The van der Waals surface area contributed by atoms with Gasteiger partial charge in [-0.3, -0.25) is 4.79 Å². The van der Waals surface area contributed by atoms with E-state index in [1.807, 2.05) is 42.5 Å². The number of carbonyl (C=O) groups is 1. The number of halogens is 3. The van der Waals surface area contributed by atoms with Crippen LogP contribution in [0, 0.1) is 5.41 Å². The summed E-state index contributed by atoms with van der Waals surface area (Å²) < 4.78 is 64.7. The standard InChI is InChI=1S/C27H26F3N3O3S/c1-37(35,36)25-26(13-14-26)15-20(17-32-23-12-11-19(16-31-23)27(28,29)30)33(25)24(34)22-10-6-5-9-21(22)18-7-3-2-4-8-18/h2-12,16,20,25H,13-15,17H2,1H3,(H,31,32)/t20?,25-/m0/s1. The SMILES string of the molecule is CS(=O)(=O)[C@@H]1N(C(=O)c2ccccc2-c2ccccc2)C(CNc2ccc(C(F)(F)F)cn2)CC12CC2. The second-order valence-corrected chi connectivity index (χ2v) is 11.9. The predicted octanol–water partition coefficient (Wildman–Crippen LogP) is 5.24. The van der Waals surface area contributed by atoms with Crippen LogP contribution in [0.5, 0.6) is 0 Å². The number of sulfone groups is 1. The van der Waals surface area contributed by atoms with E-state index in [9.17, 15) is 26.4 Å². The van der Waals surface area contributed by atoms with Gasteiger partial charge in [0.25, 0.3) is 5.91 Å². The fraction of sp³-hybridized carbons (Fsp3) is 0.333. The summed E-state index contributed by atoms with van der Waals surface area (Å²) >= 11 is 0. The summed E-state index contributed by atoms with van der Waals surface area (Å²) in [5.41, 5.74) is 0.574. The highest BCUT2D eigenvalue weighted by Crippen LogP contribution is 2.60. The molecule has 3 aromatic rings. The van der Waals surface area contributed by atoms with Crippen LogP contribution in [-0.2, 0) is 16.0 Å². The van der Waals surface area contributed by atoms with E-state index >= 15 is 0 Å². The number of alkyl halides is 3. The van der Waals surface area contributed by atoms with Gasteiger partial charge in [-0.1, -0.05) is 48.5 Å². The zero-order valence-corrected chi connectivity index (χ0v) is 20.9. The number of nitrogens with one attached hydrogen (secondary N) is 1. The molecule has 1 aromatic heterocycles. The van der Waals surface area contributed by atoms with Gasteiger partial charge in [0, 0.05) is 30.0 Å². The van der Waals surface area contributed by atoms with Gasteiger partial charge in [0.15, 0.2) is 9.84 Å². The van der Waals surface area contributed by atoms with Crippen LogP contribution in [0.25, 0.3) is 11.1 Å². The highest BCUT2D eigenvalue weighted by atomic mass is 32.2. The van der Waals surface area contributed by atoms with Crippen molar-refractivity contribution in [3.05, 3.63) is 84.1 Å². The first-order valence-corrected chi connectivity index (χ1v) is 13.9. The van der Waals surface area contributed by atoms with Crippen LogP contribution >= 0.6 is 0 Å². The molecule has 1 amide bonds. The third-order valence-corrected chi connectivity index (χ3v) is 8.73. The van der Waals surface area contributed by atoms with Crippen molar-refractivity contribution in [2.75, 3.05) is 18.1 Å². The maximum atomic E-state index is 14.1. The molecule has 2 heterocycles. The van der Waals surface area contributed by atoms with E-state index < -0.39 is 38.4 Å². The van der Waals surface area contributed by atoms with Crippen molar-refractivity contribution in [1.82, 2.24) is 9.88 Å². The van der Waals surface area contributed by atoms with E-state index in [0.717, 1.165) is 24.1 Å². The maximum Gasteiger partial charge on any atom is 0.417 e. The van der Waals surface area contributed by atoms with Crippen LogP contribution in [0.4, 0.5) is 19.0 Å². The number of benzene rings is 2. The average molecular weight is 530 g/mol. The van der Waals surface area contributed by atoms with Crippen LogP contribution in [0.2, 0.25) is 0 Å². The fourth-order valence-corrected chi connectivity index (χ4v) is 7.36. The third-order valence-electron chi connectivity index (χ3n) is 7.20. The van der Waals surface area contributed by atoms with Gasteiger partial charge in [0.2, 0.25) is 0 Å². The highest BCUT2D eigenvalue weighted by molar-refractivity contribution is 7.91. The maximum absolute atomic E-state index is 14.1. The van der Waals surface area contributed by atoms with Crippen molar-refractivity contribution in [3.63, 3.8) is 0 Å². The molecule has 1 unspecified atom stereocenters. The predicted molar refractivity (Wildman–Crippen MR) is 134 cm³/mol. The number of carbonyl (C=O) groups excluding carboxylic acids is 1. The van der Waals surface area contributed by atoms with Crippen LogP contribution in [-0.4, -0.2) is 48.4 Å². The minimum atomic E-state index is -4.49. The van der Waals surface area contributed by atoms with Gasteiger partial charge < -0.3 is 10.2 Å². The average Bonchev–Trinajstić information content (AvgIpc) is 3.55. The molecule has 0 bridgehead atoms. The molecule has 1 aliphatic heterocycles. The van der Waals surface area contributed by atoms with E-state index in [1.54, 1.807) is 12.1 Å². The Bertz CT molecular complexity index is 1410. The summed E-state index contributed by atoms with van der Waals surface area (Å²) in [6.45, 7) is 0.158. The minimum Gasteiger partial charge on any atom is -0.368 e. The molecule has 1 spiro atoms. The van der Waals surface area contributed by atoms with Gasteiger partial charge in [-0.25, -0.2) is 13.4 Å². The molecule has 194 valence electrons. The minimum absolute atomic E-state index is 0.158. The Balaban J connectivity index is 1.47. The summed E-state index contributed by atoms with van der Waals surface area (Å²) in [7, 11) is -3.63. The van der Waals surface area contributed by atoms with Crippen molar-refractivity contribution in [2.24, 2.45) is 5.41 Å². The van der Waals surface area contributed by atoms with Crippen molar-refractivity contribution in [3.8, 4) is 11.1 Å². The Morgan fingerprint density at radius 2 is 1.73 bits per heavy atom. The number of rotatable bonds is 6. The Hall–Kier alpha value is -3.40. The lowest BCUT2D eigenvalue weighted by atomic mass is 9.98. The van der Waals surface area contributed by atoms with Gasteiger partial charge in [-0.15, -0.1) is 0 Å². The first-order chi connectivity index (χ1) is 17.5. The van der Waals surface area contributed by atoms with Crippen LogP contribution in [0.1, 0.15) is 35.2 Å². The lowest BCUT2D eigenvalue weighted by molar-refractivity contribution is -0.137. The number of aromatic nitrogens is 1. The molecule has 2 aliphatic rings. The summed E-state index contributed by atoms with van der Waals surface area (Å²) in [5, 5.41) is 2.05. The number of amides is 1. The molecule has 1 N–H and O–H groups in total. The number of likely N-dealkylation sites (tertiary alicyclic amines) is 1. The lowest BCUT2D eigenvalue weighted by Gasteiger charge is -2.31. The van der Waals surface area contributed by atoms with E-state index in [4.69, 9.17) is 0 Å². The number of nitrogens with zero attached hydrogens (tertiary/aromatic N) is 2. The highest BCUT2D eigenvalue weighted by Gasteiger charge is 2.64. The zero-order chi connectivity index (χ0) is 26.4.